The Bertz CT molecular complexity index is 807. The van der Waals surface area contributed by atoms with Crippen molar-refractivity contribution in [2.75, 3.05) is 16.6 Å². The number of nitrogens with one attached hydrogen (secondary N) is 2. The van der Waals surface area contributed by atoms with Gasteiger partial charge in [0.1, 0.15) is 0 Å². The number of anilines is 2. The Hall–Kier alpha value is -1.43. The average molecular weight is 343 g/mol. The van der Waals surface area contributed by atoms with Crippen molar-refractivity contribution >= 4 is 44.6 Å². The van der Waals surface area contributed by atoms with Gasteiger partial charge in [0, 0.05) is 17.3 Å². The third-order valence-electron chi connectivity index (χ3n) is 3.28. The van der Waals surface area contributed by atoms with Crippen LogP contribution in [0, 0.1) is 0 Å². The van der Waals surface area contributed by atoms with Gasteiger partial charge >= 0.3 is 0 Å². The van der Waals surface area contributed by atoms with Gasteiger partial charge in [-0.25, -0.2) is 8.42 Å². The van der Waals surface area contributed by atoms with Crippen LogP contribution >= 0.6 is 23.2 Å². The summed E-state index contributed by atoms with van der Waals surface area (Å²) in [4.78, 5) is 0.196. The highest BCUT2D eigenvalue weighted by Crippen LogP contribution is 2.29. The van der Waals surface area contributed by atoms with Crippen LogP contribution in [0.1, 0.15) is 5.56 Å². The lowest BCUT2D eigenvalue weighted by Crippen LogP contribution is -2.13. The molecule has 7 heteroatoms. The number of rotatable bonds is 3. The minimum Gasteiger partial charge on any atom is -0.384 e. The molecular weight excluding hydrogens is 331 g/mol. The smallest absolute Gasteiger partial charge is 0.262 e. The van der Waals surface area contributed by atoms with Crippen LogP contribution in [0.2, 0.25) is 10.0 Å². The quantitative estimate of drug-likeness (QED) is 0.892. The highest BCUT2D eigenvalue weighted by atomic mass is 35.5. The maximum absolute atomic E-state index is 12.4. The highest BCUT2D eigenvalue weighted by Gasteiger charge is 2.19. The number of fused-ring (bicyclic) bond motifs is 1. The van der Waals surface area contributed by atoms with E-state index in [1.807, 2.05) is 6.07 Å². The number of sulfonamides is 1. The van der Waals surface area contributed by atoms with E-state index < -0.39 is 10.0 Å². The van der Waals surface area contributed by atoms with E-state index in [2.05, 4.69) is 10.0 Å². The molecule has 0 radical (unpaired) electrons. The maximum atomic E-state index is 12.4. The van der Waals surface area contributed by atoms with Crippen molar-refractivity contribution in [2.24, 2.45) is 0 Å². The second-order valence-corrected chi connectivity index (χ2v) is 7.25. The number of hydrogen-bond acceptors (Lipinski definition) is 3. The van der Waals surface area contributed by atoms with Gasteiger partial charge in [-0.1, -0.05) is 29.3 Å². The molecule has 4 nitrogen and oxygen atoms in total. The summed E-state index contributed by atoms with van der Waals surface area (Å²) in [6.07, 6.45) is 0.909. The van der Waals surface area contributed by atoms with Gasteiger partial charge in [-0.15, -0.1) is 0 Å². The molecule has 0 bridgehead atoms. The van der Waals surface area contributed by atoms with E-state index in [1.165, 1.54) is 12.1 Å². The molecule has 0 unspecified atom stereocenters. The Balaban J connectivity index is 1.93. The van der Waals surface area contributed by atoms with Crippen molar-refractivity contribution in [1.29, 1.82) is 0 Å². The summed E-state index contributed by atoms with van der Waals surface area (Å²) < 4.78 is 27.3. The van der Waals surface area contributed by atoms with E-state index in [-0.39, 0.29) is 9.92 Å². The molecule has 0 saturated carbocycles. The molecule has 1 heterocycles. The fourth-order valence-corrected chi connectivity index (χ4v) is 3.83. The molecule has 0 aliphatic carbocycles. The Morgan fingerprint density at radius 3 is 2.67 bits per heavy atom. The first kappa shape index (κ1) is 14.5. The predicted molar refractivity (Wildman–Crippen MR) is 85.9 cm³/mol. The fraction of sp³-hybridized carbons (Fsp3) is 0.143. The summed E-state index contributed by atoms with van der Waals surface area (Å²) in [6, 6.07) is 9.66. The molecule has 2 aromatic carbocycles. The van der Waals surface area contributed by atoms with Gasteiger partial charge in [0.25, 0.3) is 10.0 Å². The summed E-state index contributed by atoms with van der Waals surface area (Å²) in [5.41, 5.74) is 2.29. The molecule has 1 aliphatic rings. The van der Waals surface area contributed by atoms with Gasteiger partial charge in [0.05, 0.1) is 15.6 Å². The second-order valence-electron chi connectivity index (χ2n) is 4.73. The van der Waals surface area contributed by atoms with E-state index in [0.29, 0.717) is 10.7 Å². The molecule has 2 aromatic rings. The van der Waals surface area contributed by atoms with Crippen molar-refractivity contribution < 1.29 is 8.42 Å². The number of benzene rings is 2. The van der Waals surface area contributed by atoms with Crippen LogP contribution in [0.3, 0.4) is 0 Å². The third kappa shape index (κ3) is 2.95. The van der Waals surface area contributed by atoms with Crippen LogP contribution in [-0.2, 0) is 16.4 Å². The first-order valence-electron chi connectivity index (χ1n) is 6.30. The summed E-state index contributed by atoms with van der Waals surface area (Å²) in [6.45, 7) is 0.829. The van der Waals surface area contributed by atoms with E-state index in [4.69, 9.17) is 23.2 Å². The van der Waals surface area contributed by atoms with Crippen LogP contribution in [0.15, 0.2) is 41.3 Å². The lowest BCUT2D eigenvalue weighted by atomic mass is 10.2. The lowest BCUT2D eigenvalue weighted by Gasteiger charge is -2.11. The zero-order valence-electron chi connectivity index (χ0n) is 10.9. The molecule has 0 spiro atoms. The van der Waals surface area contributed by atoms with E-state index in [9.17, 15) is 8.42 Å². The topological polar surface area (TPSA) is 58.2 Å². The summed E-state index contributed by atoms with van der Waals surface area (Å²) in [5, 5.41) is 3.86. The molecule has 0 atom stereocenters. The molecule has 1 aliphatic heterocycles. The van der Waals surface area contributed by atoms with E-state index in [1.54, 1.807) is 18.2 Å². The first-order chi connectivity index (χ1) is 9.95. The minimum absolute atomic E-state index is 0.196. The zero-order chi connectivity index (χ0) is 15.0. The van der Waals surface area contributed by atoms with Crippen LogP contribution in [-0.4, -0.2) is 15.0 Å². The molecule has 0 amide bonds. The first-order valence-corrected chi connectivity index (χ1v) is 8.54. The van der Waals surface area contributed by atoms with Crippen LogP contribution in [0.4, 0.5) is 11.4 Å². The molecule has 21 heavy (non-hydrogen) atoms. The summed E-state index contributed by atoms with van der Waals surface area (Å²) >= 11 is 11.8. The molecule has 110 valence electrons. The van der Waals surface area contributed by atoms with Gasteiger partial charge in [-0.3, -0.25) is 4.72 Å². The lowest BCUT2D eigenvalue weighted by molar-refractivity contribution is 0.601. The molecular formula is C14H12Cl2N2O2S. The maximum Gasteiger partial charge on any atom is 0.262 e. The van der Waals surface area contributed by atoms with Gasteiger partial charge in [0.15, 0.2) is 0 Å². The van der Waals surface area contributed by atoms with Crippen LogP contribution in [0.5, 0.6) is 0 Å². The average Bonchev–Trinajstić information content (AvgIpc) is 2.89. The van der Waals surface area contributed by atoms with Crippen LogP contribution < -0.4 is 10.0 Å². The Kier molecular flexibility index (Phi) is 3.73. The second kappa shape index (κ2) is 5.40. The van der Waals surface area contributed by atoms with Gasteiger partial charge in [-0.2, -0.15) is 0 Å². The third-order valence-corrected chi connectivity index (χ3v) is 5.19. The Morgan fingerprint density at radius 1 is 1.10 bits per heavy atom. The monoisotopic (exact) mass is 342 g/mol. The standard InChI is InChI=1S/C14H12Cl2N2O2S/c15-10-2-4-13(12(16)7-10)18-21(19,20)11-3-1-9-5-6-17-14(9)8-11/h1-4,7-8,17-18H,5-6H2. The van der Waals surface area contributed by atoms with Crippen molar-refractivity contribution in [3.8, 4) is 0 Å². The largest absolute Gasteiger partial charge is 0.384 e. The zero-order valence-corrected chi connectivity index (χ0v) is 13.2. The molecule has 2 N–H and O–H groups in total. The highest BCUT2D eigenvalue weighted by molar-refractivity contribution is 7.92. The minimum atomic E-state index is -3.69. The normalized spacial score (nSPS) is 13.6. The summed E-state index contributed by atoms with van der Waals surface area (Å²) in [5.74, 6) is 0. The van der Waals surface area contributed by atoms with Gasteiger partial charge in [-0.05, 0) is 42.3 Å². The van der Waals surface area contributed by atoms with Gasteiger partial charge < -0.3 is 5.32 Å². The van der Waals surface area contributed by atoms with Crippen molar-refractivity contribution in [1.82, 2.24) is 0 Å². The molecule has 0 fully saturated rings. The fourth-order valence-electron chi connectivity index (χ4n) is 2.21. The summed E-state index contributed by atoms with van der Waals surface area (Å²) in [7, 11) is -3.69. The molecule has 3 rings (SSSR count). The Labute approximate surface area is 133 Å². The van der Waals surface area contributed by atoms with Crippen molar-refractivity contribution in [2.45, 2.75) is 11.3 Å². The van der Waals surface area contributed by atoms with E-state index in [0.717, 1.165) is 24.2 Å². The molecule has 0 saturated heterocycles. The Morgan fingerprint density at radius 2 is 1.90 bits per heavy atom. The molecule has 0 aromatic heterocycles. The van der Waals surface area contributed by atoms with E-state index >= 15 is 0 Å². The SMILES string of the molecule is O=S(=O)(Nc1ccc(Cl)cc1Cl)c1ccc2c(c1)NCC2. The van der Waals surface area contributed by atoms with Gasteiger partial charge in [0.2, 0.25) is 0 Å². The van der Waals surface area contributed by atoms with Crippen LogP contribution in [0.25, 0.3) is 0 Å². The number of hydrogen-bond donors (Lipinski definition) is 2. The predicted octanol–water partition coefficient (Wildman–Crippen LogP) is 3.76. The van der Waals surface area contributed by atoms with Crippen molar-refractivity contribution in [3.63, 3.8) is 0 Å². The van der Waals surface area contributed by atoms with Crippen molar-refractivity contribution in [3.05, 3.63) is 52.0 Å². The number of halogens is 2.